The van der Waals surface area contributed by atoms with Gasteiger partial charge in [0.05, 0.1) is 6.10 Å². The highest BCUT2D eigenvalue weighted by Gasteiger charge is 2.30. The molecule has 0 amide bonds. The minimum absolute atomic E-state index is 0.169. The third kappa shape index (κ3) is 1.56. The fraction of sp³-hybridized carbons (Fsp3) is 0.857. The number of ketones is 1. The van der Waals surface area contributed by atoms with Gasteiger partial charge in [0.2, 0.25) is 0 Å². The first-order valence-electron chi connectivity index (χ1n) is 3.66. The molecule has 0 bridgehead atoms. The molecular weight excluding hydrogens is 147 g/mol. The van der Waals surface area contributed by atoms with E-state index in [0.717, 1.165) is 12.8 Å². The predicted molar refractivity (Wildman–Crippen MR) is 42.6 cm³/mol. The monoisotopic (exact) mass is 160 g/mol. The molecule has 3 atom stereocenters. The summed E-state index contributed by atoms with van der Waals surface area (Å²) in [6.45, 7) is 2.05. The molecule has 0 heterocycles. The Morgan fingerprint density at radius 2 is 2.50 bits per heavy atom. The van der Waals surface area contributed by atoms with E-state index in [0.29, 0.717) is 12.2 Å². The van der Waals surface area contributed by atoms with Crippen molar-refractivity contribution in [2.24, 2.45) is 5.92 Å². The first kappa shape index (κ1) is 8.16. The van der Waals surface area contributed by atoms with Crippen LogP contribution in [0.1, 0.15) is 26.2 Å². The summed E-state index contributed by atoms with van der Waals surface area (Å²) < 4.78 is 5.01. The lowest BCUT2D eigenvalue weighted by Gasteiger charge is -2.04. The SMILES string of the molecule is CCC1CC(OP)CC1=O. The maximum Gasteiger partial charge on any atom is 0.138 e. The van der Waals surface area contributed by atoms with Gasteiger partial charge < -0.3 is 4.52 Å². The van der Waals surface area contributed by atoms with Crippen LogP contribution >= 0.6 is 9.47 Å². The molecule has 0 radical (unpaired) electrons. The molecule has 0 aromatic rings. The zero-order chi connectivity index (χ0) is 7.56. The Morgan fingerprint density at radius 1 is 1.80 bits per heavy atom. The molecule has 0 N–H and O–H groups in total. The minimum atomic E-state index is 0.169. The van der Waals surface area contributed by atoms with Crippen molar-refractivity contribution in [1.82, 2.24) is 0 Å². The third-order valence-electron chi connectivity index (χ3n) is 2.12. The van der Waals surface area contributed by atoms with Crippen LogP contribution < -0.4 is 0 Å². The quantitative estimate of drug-likeness (QED) is 0.573. The Kier molecular flexibility index (Phi) is 2.82. The molecule has 0 spiro atoms. The molecule has 1 aliphatic carbocycles. The minimum Gasteiger partial charge on any atom is -0.362 e. The van der Waals surface area contributed by atoms with Crippen molar-refractivity contribution in [1.29, 1.82) is 0 Å². The molecule has 0 aliphatic heterocycles. The van der Waals surface area contributed by atoms with E-state index in [-0.39, 0.29) is 12.0 Å². The van der Waals surface area contributed by atoms with Crippen LogP contribution in [0.3, 0.4) is 0 Å². The summed E-state index contributed by atoms with van der Waals surface area (Å²) in [5.41, 5.74) is 0. The molecule has 10 heavy (non-hydrogen) atoms. The van der Waals surface area contributed by atoms with Gasteiger partial charge in [-0.05, 0) is 12.8 Å². The normalized spacial score (nSPS) is 33.2. The van der Waals surface area contributed by atoms with Gasteiger partial charge in [0.15, 0.2) is 0 Å². The summed E-state index contributed by atoms with van der Waals surface area (Å²) in [6.07, 6.45) is 2.66. The molecule has 3 unspecified atom stereocenters. The van der Waals surface area contributed by atoms with Crippen LogP contribution in [0.4, 0.5) is 0 Å². The van der Waals surface area contributed by atoms with Crippen molar-refractivity contribution >= 4 is 15.2 Å². The molecule has 0 saturated heterocycles. The van der Waals surface area contributed by atoms with Gasteiger partial charge in [0.1, 0.15) is 5.78 Å². The van der Waals surface area contributed by atoms with Gasteiger partial charge in [-0.3, -0.25) is 4.79 Å². The van der Waals surface area contributed by atoms with Crippen molar-refractivity contribution in [3.63, 3.8) is 0 Å². The Hall–Kier alpha value is 0.0600. The Labute approximate surface area is 63.6 Å². The number of carbonyl (C=O) groups is 1. The molecule has 0 aromatic carbocycles. The lowest BCUT2D eigenvalue weighted by molar-refractivity contribution is -0.120. The second-order valence-electron chi connectivity index (χ2n) is 2.77. The number of carbonyl (C=O) groups excluding carboxylic acids is 1. The highest BCUT2D eigenvalue weighted by Crippen LogP contribution is 2.27. The highest BCUT2D eigenvalue weighted by molar-refractivity contribution is 7.09. The largest absolute Gasteiger partial charge is 0.362 e. The van der Waals surface area contributed by atoms with E-state index in [1.807, 2.05) is 6.92 Å². The number of hydrogen-bond donors (Lipinski definition) is 0. The maximum atomic E-state index is 11.1. The van der Waals surface area contributed by atoms with Crippen LogP contribution in [0.15, 0.2) is 0 Å². The zero-order valence-electron chi connectivity index (χ0n) is 6.17. The third-order valence-corrected chi connectivity index (χ3v) is 2.50. The second-order valence-corrected chi connectivity index (χ2v) is 3.04. The number of Topliss-reactive ketones (excluding diaryl/α,β-unsaturated/α-hetero) is 1. The Morgan fingerprint density at radius 3 is 2.80 bits per heavy atom. The van der Waals surface area contributed by atoms with Crippen molar-refractivity contribution in [3.8, 4) is 0 Å². The zero-order valence-corrected chi connectivity index (χ0v) is 7.32. The summed E-state index contributed by atoms with van der Waals surface area (Å²) in [5, 5.41) is 0. The first-order chi connectivity index (χ1) is 4.77. The molecule has 3 heteroatoms. The van der Waals surface area contributed by atoms with E-state index in [2.05, 4.69) is 9.47 Å². The van der Waals surface area contributed by atoms with Gasteiger partial charge in [-0.15, -0.1) is 0 Å². The van der Waals surface area contributed by atoms with E-state index in [1.165, 1.54) is 0 Å². The van der Waals surface area contributed by atoms with Crippen molar-refractivity contribution in [2.75, 3.05) is 0 Å². The molecule has 1 fully saturated rings. The van der Waals surface area contributed by atoms with Crippen LogP contribution in [0.5, 0.6) is 0 Å². The molecule has 2 nitrogen and oxygen atoms in total. The van der Waals surface area contributed by atoms with E-state index in [4.69, 9.17) is 4.52 Å². The average molecular weight is 160 g/mol. The summed E-state index contributed by atoms with van der Waals surface area (Å²) in [6, 6.07) is 0. The van der Waals surface area contributed by atoms with Gasteiger partial charge in [0, 0.05) is 21.8 Å². The summed E-state index contributed by atoms with van der Waals surface area (Å²) >= 11 is 0. The summed E-state index contributed by atoms with van der Waals surface area (Å²) in [5.74, 6) is 0.639. The van der Waals surface area contributed by atoms with Crippen LogP contribution in [-0.2, 0) is 9.32 Å². The summed E-state index contributed by atoms with van der Waals surface area (Å²) in [4.78, 5) is 11.1. The maximum absolute atomic E-state index is 11.1. The van der Waals surface area contributed by atoms with Crippen molar-refractivity contribution < 1.29 is 9.32 Å². The van der Waals surface area contributed by atoms with Gasteiger partial charge in [-0.1, -0.05) is 6.92 Å². The number of hydrogen-bond acceptors (Lipinski definition) is 2. The Bertz CT molecular complexity index is 136. The molecule has 58 valence electrons. The fourth-order valence-electron chi connectivity index (χ4n) is 1.42. The molecule has 1 rings (SSSR count). The second kappa shape index (κ2) is 3.45. The highest BCUT2D eigenvalue weighted by atomic mass is 31.0. The van der Waals surface area contributed by atoms with E-state index in [9.17, 15) is 4.79 Å². The van der Waals surface area contributed by atoms with Gasteiger partial charge in [0.25, 0.3) is 0 Å². The standard InChI is InChI=1S/C7H13O2P/c1-2-5-3-6(9-10)4-7(5)8/h5-6H,2-4,10H2,1H3. The molecule has 0 aromatic heterocycles. The predicted octanol–water partition coefficient (Wildman–Crippen LogP) is 1.55. The van der Waals surface area contributed by atoms with Crippen LogP contribution in [0.2, 0.25) is 0 Å². The average Bonchev–Trinajstić information content (AvgIpc) is 2.30. The number of rotatable bonds is 2. The fourth-order valence-corrected chi connectivity index (χ4v) is 1.63. The van der Waals surface area contributed by atoms with Crippen molar-refractivity contribution in [2.45, 2.75) is 32.3 Å². The first-order valence-corrected chi connectivity index (χ1v) is 4.13. The lowest BCUT2D eigenvalue weighted by Crippen LogP contribution is -2.03. The van der Waals surface area contributed by atoms with Crippen LogP contribution in [0.25, 0.3) is 0 Å². The topological polar surface area (TPSA) is 26.3 Å². The van der Waals surface area contributed by atoms with Crippen molar-refractivity contribution in [3.05, 3.63) is 0 Å². The van der Waals surface area contributed by atoms with Crippen LogP contribution in [-0.4, -0.2) is 11.9 Å². The molecule has 1 saturated carbocycles. The molecular formula is C7H13O2P. The smallest absolute Gasteiger partial charge is 0.138 e. The van der Waals surface area contributed by atoms with E-state index in [1.54, 1.807) is 0 Å². The molecule has 1 aliphatic rings. The van der Waals surface area contributed by atoms with E-state index >= 15 is 0 Å². The lowest BCUT2D eigenvalue weighted by atomic mass is 10.1. The van der Waals surface area contributed by atoms with Gasteiger partial charge in [-0.2, -0.15) is 0 Å². The van der Waals surface area contributed by atoms with E-state index < -0.39 is 0 Å². The summed E-state index contributed by atoms with van der Waals surface area (Å²) in [7, 11) is 2.22. The van der Waals surface area contributed by atoms with Crippen LogP contribution in [0, 0.1) is 5.92 Å². The van der Waals surface area contributed by atoms with Gasteiger partial charge in [-0.25, -0.2) is 0 Å². The van der Waals surface area contributed by atoms with Gasteiger partial charge >= 0.3 is 0 Å². The Balaban J connectivity index is 2.44.